The van der Waals surface area contributed by atoms with Gasteiger partial charge < -0.3 is 15.0 Å². The molecule has 0 bridgehead atoms. The fraction of sp³-hybridized carbons (Fsp3) is 0.647. The molecular formula is C17H28N2O. The van der Waals surface area contributed by atoms with E-state index >= 15 is 0 Å². The van der Waals surface area contributed by atoms with Gasteiger partial charge in [0.1, 0.15) is 0 Å². The fourth-order valence-electron chi connectivity index (χ4n) is 2.94. The van der Waals surface area contributed by atoms with E-state index in [1.165, 1.54) is 38.0 Å². The van der Waals surface area contributed by atoms with Gasteiger partial charge in [-0.15, -0.1) is 0 Å². The number of benzene rings is 1. The van der Waals surface area contributed by atoms with Crippen molar-refractivity contribution in [2.75, 3.05) is 39.9 Å². The van der Waals surface area contributed by atoms with Crippen LogP contribution in [0.1, 0.15) is 31.4 Å². The van der Waals surface area contributed by atoms with Gasteiger partial charge in [0.15, 0.2) is 0 Å². The molecule has 1 aliphatic heterocycles. The van der Waals surface area contributed by atoms with Gasteiger partial charge in [0.25, 0.3) is 0 Å². The minimum atomic E-state index is 0.294. The maximum absolute atomic E-state index is 5.35. The highest BCUT2D eigenvalue weighted by atomic mass is 16.5. The molecule has 1 aliphatic rings. The minimum Gasteiger partial charge on any atom is -0.383 e. The molecule has 0 saturated carbocycles. The van der Waals surface area contributed by atoms with Gasteiger partial charge in [0.2, 0.25) is 0 Å². The Bertz CT molecular complexity index is 363. The number of hydrogen-bond acceptors (Lipinski definition) is 3. The third kappa shape index (κ3) is 4.89. The molecule has 1 saturated heterocycles. The van der Waals surface area contributed by atoms with Crippen molar-refractivity contribution in [2.45, 2.75) is 25.8 Å². The molecule has 2 rings (SSSR count). The van der Waals surface area contributed by atoms with E-state index in [-0.39, 0.29) is 0 Å². The first-order valence-electron chi connectivity index (χ1n) is 7.79. The lowest BCUT2D eigenvalue weighted by Gasteiger charge is -2.24. The van der Waals surface area contributed by atoms with Crippen molar-refractivity contribution in [1.82, 2.24) is 10.2 Å². The van der Waals surface area contributed by atoms with Gasteiger partial charge in [-0.3, -0.25) is 0 Å². The van der Waals surface area contributed by atoms with E-state index in [4.69, 9.17) is 4.74 Å². The summed E-state index contributed by atoms with van der Waals surface area (Å²) < 4.78 is 5.35. The van der Waals surface area contributed by atoms with Crippen molar-refractivity contribution < 1.29 is 4.74 Å². The summed E-state index contributed by atoms with van der Waals surface area (Å²) in [6.45, 7) is 7.87. The molecule has 0 spiro atoms. The molecule has 2 atom stereocenters. The van der Waals surface area contributed by atoms with Gasteiger partial charge in [-0.2, -0.15) is 0 Å². The summed E-state index contributed by atoms with van der Waals surface area (Å²) in [5.41, 5.74) is 1.31. The van der Waals surface area contributed by atoms with E-state index < -0.39 is 0 Å². The van der Waals surface area contributed by atoms with Gasteiger partial charge in [0, 0.05) is 13.7 Å². The number of nitrogens with one attached hydrogen (secondary N) is 1. The highest BCUT2D eigenvalue weighted by Crippen LogP contribution is 2.14. The Balaban J connectivity index is 1.79. The molecule has 3 nitrogen and oxygen atoms in total. The SMILES string of the molecule is COCC(NCC(C)CN1CCCC1)c1ccccc1. The highest BCUT2D eigenvalue weighted by Gasteiger charge is 2.16. The van der Waals surface area contributed by atoms with Crippen molar-refractivity contribution in [3.05, 3.63) is 35.9 Å². The molecule has 2 unspecified atom stereocenters. The Kier molecular flexibility index (Phi) is 6.51. The first-order valence-corrected chi connectivity index (χ1v) is 7.79. The van der Waals surface area contributed by atoms with Crippen molar-refractivity contribution in [1.29, 1.82) is 0 Å². The van der Waals surface area contributed by atoms with Gasteiger partial charge in [-0.05, 0) is 44.0 Å². The van der Waals surface area contributed by atoms with Gasteiger partial charge >= 0.3 is 0 Å². The molecule has 1 N–H and O–H groups in total. The third-order valence-electron chi connectivity index (χ3n) is 4.02. The van der Waals surface area contributed by atoms with Crippen LogP contribution >= 0.6 is 0 Å². The Morgan fingerprint density at radius 3 is 2.55 bits per heavy atom. The number of nitrogens with zero attached hydrogens (tertiary/aromatic N) is 1. The second-order valence-electron chi connectivity index (χ2n) is 5.94. The van der Waals surface area contributed by atoms with Gasteiger partial charge in [0.05, 0.1) is 12.6 Å². The molecule has 0 amide bonds. The Morgan fingerprint density at radius 1 is 1.20 bits per heavy atom. The van der Waals surface area contributed by atoms with Crippen LogP contribution in [0.5, 0.6) is 0 Å². The first-order chi connectivity index (χ1) is 9.79. The highest BCUT2D eigenvalue weighted by molar-refractivity contribution is 5.18. The Morgan fingerprint density at radius 2 is 1.90 bits per heavy atom. The summed E-state index contributed by atoms with van der Waals surface area (Å²) in [6, 6.07) is 10.9. The number of rotatable bonds is 8. The van der Waals surface area contributed by atoms with Crippen molar-refractivity contribution >= 4 is 0 Å². The first kappa shape index (κ1) is 15.5. The predicted molar refractivity (Wildman–Crippen MR) is 83.9 cm³/mol. The van der Waals surface area contributed by atoms with Crippen molar-refractivity contribution in [3.63, 3.8) is 0 Å². The number of ether oxygens (including phenoxy) is 1. The van der Waals surface area contributed by atoms with Crippen molar-refractivity contribution in [2.24, 2.45) is 5.92 Å². The second kappa shape index (κ2) is 8.40. The monoisotopic (exact) mass is 276 g/mol. The fourth-order valence-corrected chi connectivity index (χ4v) is 2.94. The lowest BCUT2D eigenvalue weighted by molar-refractivity contribution is 0.162. The predicted octanol–water partition coefficient (Wildman–Crippen LogP) is 2.70. The Hall–Kier alpha value is -0.900. The third-order valence-corrected chi connectivity index (χ3v) is 4.02. The number of likely N-dealkylation sites (tertiary alicyclic amines) is 1. The summed E-state index contributed by atoms with van der Waals surface area (Å²) >= 11 is 0. The summed E-state index contributed by atoms with van der Waals surface area (Å²) in [5, 5.41) is 3.66. The quantitative estimate of drug-likeness (QED) is 0.790. The lowest BCUT2D eigenvalue weighted by Crippen LogP contribution is -2.34. The smallest absolute Gasteiger partial charge is 0.0657 e. The van der Waals surface area contributed by atoms with Gasteiger partial charge in [-0.1, -0.05) is 37.3 Å². The molecule has 1 heterocycles. The molecule has 1 aromatic rings. The summed E-state index contributed by atoms with van der Waals surface area (Å²) in [7, 11) is 1.77. The van der Waals surface area contributed by atoms with E-state index in [9.17, 15) is 0 Å². The van der Waals surface area contributed by atoms with E-state index in [0.29, 0.717) is 12.0 Å². The van der Waals surface area contributed by atoms with Crippen LogP contribution < -0.4 is 5.32 Å². The maximum Gasteiger partial charge on any atom is 0.0657 e. The minimum absolute atomic E-state index is 0.294. The Labute approximate surface area is 123 Å². The van der Waals surface area contributed by atoms with Crippen LogP contribution in [0.25, 0.3) is 0 Å². The molecule has 0 aromatic heterocycles. The molecule has 112 valence electrons. The van der Waals surface area contributed by atoms with E-state index in [0.717, 1.165) is 13.2 Å². The van der Waals surface area contributed by atoms with Crippen LogP contribution in [0.2, 0.25) is 0 Å². The van der Waals surface area contributed by atoms with Crippen LogP contribution in [-0.4, -0.2) is 44.8 Å². The standard InChI is InChI=1S/C17H28N2O/c1-15(13-19-10-6-7-11-19)12-18-17(14-20-2)16-8-4-3-5-9-16/h3-5,8-9,15,17-18H,6-7,10-14H2,1-2H3. The zero-order chi connectivity index (χ0) is 14.2. The normalized spacial score (nSPS) is 19.1. The van der Waals surface area contributed by atoms with Crippen LogP contribution in [0, 0.1) is 5.92 Å². The van der Waals surface area contributed by atoms with Gasteiger partial charge in [-0.25, -0.2) is 0 Å². The number of hydrogen-bond donors (Lipinski definition) is 1. The second-order valence-corrected chi connectivity index (χ2v) is 5.94. The molecule has 1 fully saturated rings. The summed E-state index contributed by atoms with van der Waals surface area (Å²) in [5.74, 6) is 0.677. The van der Waals surface area contributed by atoms with Crippen molar-refractivity contribution in [3.8, 4) is 0 Å². The molecule has 3 heteroatoms. The van der Waals surface area contributed by atoms with Crippen LogP contribution in [0.4, 0.5) is 0 Å². The zero-order valence-corrected chi connectivity index (χ0v) is 12.8. The van der Waals surface area contributed by atoms with E-state index in [1.54, 1.807) is 7.11 Å². The molecule has 20 heavy (non-hydrogen) atoms. The topological polar surface area (TPSA) is 24.5 Å². The average molecular weight is 276 g/mol. The van der Waals surface area contributed by atoms with E-state index in [1.807, 2.05) is 0 Å². The number of methoxy groups -OCH3 is 1. The molecule has 0 aliphatic carbocycles. The van der Waals surface area contributed by atoms with Crippen LogP contribution in [0.3, 0.4) is 0 Å². The van der Waals surface area contributed by atoms with Crippen LogP contribution in [0.15, 0.2) is 30.3 Å². The average Bonchev–Trinajstić information content (AvgIpc) is 2.97. The zero-order valence-electron chi connectivity index (χ0n) is 12.8. The summed E-state index contributed by atoms with van der Waals surface area (Å²) in [4.78, 5) is 2.58. The lowest BCUT2D eigenvalue weighted by atomic mass is 10.1. The largest absolute Gasteiger partial charge is 0.383 e. The van der Waals surface area contributed by atoms with E-state index in [2.05, 4.69) is 47.5 Å². The molecular weight excluding hydrogens is 248 g/mol. The molecule has 1 aromatic carbocycles. The molecule has 0 radical (unpaired) electrons. The maximum atomic E-state index is 5.35. The van der Waals surface area contributed by atoms with Crippen LogP contribution in [-0.2, 0) is 4.74 Å². The summed E-state index contributed by atoms with van der Waals surface area (Å²) in [6.07, 6.45) is 2.74.